The molecule has 4 heteroatoms. The Morgan fingerprint density at radius 2 is 1.90 bits per heavy atom. The number of H-pyrrole nitrogens is 1. The number of benzene rings is 1. The number of aromatic nitrogens is 1. The number of hydrogen-bond acceptors (Lipinski definition) is 2. The molecule has 2 aromatic rings. The van der Waals surface area contributed by atoms with Gasteiger partial charge in [0.15, 0.2) is 0 Å². The monoisotopic (exact) mass is 271 g/mol. The summed E-state index contributed by atoms with van der Waals surface area (Å²) in [5.74, 6) is -0.759. The summed E-state index contributed by atoms with van der Waals surface area (Å²) in [4.78, 5) is 26.0. The highest BCUT2D eigenvalue weighted by Gasteiger charge is 2.19. The lowest BCUT2D eigenvalue weighted by atomic mass is 9.95. The van der Waals surface area contributed by atoms with Gasteiger partial charge in [-0.25, -0.2) is 4.79 Å². The molecule has 1 aromatic carbocycles. The Balaban J connectivity index is 2.70. The van der Waals surface area contributed by atoms with E-state index < -0.39 is 5.97 Å². The summed E-state index contributed by atoms with van der Waals surface area (Å²) in [5.41, 5.74) is 1.60. The quantitative estimate of drug-likeness (QED) is 0.898. The Hall–Kier alpha value is -2.36. The number of aromatic carboxylic acids is 1. The van der Waals surface area contributed by atoms with Crippen molar-refractivity contribution in [2.45, 2.75) is 20.3 Å². The van der Waals surface area contributed by atoms with Crippen LogP contribution in [-0.2, 0) is 6.42 Å². The molecule has 0 atom stereocenters. The molecule has 2 N–H and O–H groups in total. The second kappa shape index (κ2) is 5.74. The van der Waals surface area contributed by atoms with Crippen molar-refractivity contribution >= 4 is 5.97 Å². The number of nitrogens with one attached hydrogen (secondary N) is 1. The van der Waals surface area contributed by atoms with Gasteiger partial charge in [-0.05, 0) is 17.9 Å². The minimum Gasteiger partial charge on any atom is -0.478 e. The first-order chi connectivity index (χ1) is 9.49. The highest BCUT2D eigenvalue weighted by molar-refractivity contribution is 5.97. The Morgan fingerprint density at radius 3 is 2.45 bits per heavy atom. The maximum atomic E-state index is 11.8. The van der Waals surface area contributed by atoms with E-state index in [1.807, 2.05) is 32.0 Å². The van der Waals surface area contributed by atoms with E-state index in [1.54, 1.807) is 12.1 Å². The normalized spacial score (nSPS) is 10.8. The van der Waals surface area contributed by atoms with Gasteiger partial charge in [0.1, 0.15) is 0 Å². The summed E-state index contributed by atoms with van der Waals surface area (Å²) >= 11 is 0. The number of aromatic amines is 1. The van der Waals surface area contributed by atoms with Crippen molar-refractivity contribution < 1.29 is 9.90 Å². The number of pyridine rings is 1. The zero-order chi connectivity index (χ0) is 14.7. The fourth-order valence-corrected chi connectivity index (χ4v) is 2.26. The molecule has 1 aromatic heterocycles. The second-order valence-corrected chi connectivity index (χ2v) is 5.17. The lowest BCUT2D eigenvalue weighted by Crippen LogP contribution is -2.17. The maximum Gasteiger partial charge on any atom is 0.338 e. The van der Waals surface area contributed by atoms with Gasteiger partial charge in [-0.1, -0.05) is 44.2 Å². The van der Waals surface area contributed by atoms with E-state index in [0.29, 0.717) is 17.7 Å². The van der Waals surface area contributed by atoms with Gasteiger partial charge in [0.05, 0.1) is 5.56 Å². The molecule has 1 heterocycles. The number of hydrogen-bond donors (Lipinski definition) is 2. The highest BCUT2D eigenvalue weighted by atomic mass is 16.4. The van der Waals surface area contributed by atoms with Gasteiger partial charge in [0.2, 0.25) is 5.56 Å². The molecule has 0 saturated heterocycles. The molecule has 0 spiro atoms. The van der Waals surface area contributed by atoms with Crippen molar-refractivity contribution in [3.8, 4) is 11.1 Å². The van der Waals surface area contributed by atoms with Gasteiger partial charge in [-0.2, -0.15) is 0 Å². The topological polar surface area (TPSA) is 70.2 Å². The molecule has 0 unspecified atom stereocenters. The number of carboxylic acids is 1. The second-order valence-electron chi connectivity index (χ2n) is 5.17. The van der Waals surface area contributed by atoms with Gasteiger partial charge in [-0.3, -0.25) is 4.79 Å². The zero-order valence-corrected chi connectivity index (χ0v) is 11.5. The molecule has 0 radical (unpaired) electrons. The van der Waals surface area contributed by atoms with Crippen molar-refractivity contribution in [3.05, 3.63) is 58.0 Å². The molecule has 0 aliphatic rings. The van der Waals surface area contributed by atoms with Gasteiger partial charge in [-0.15, -0.1) is 0 Å². The summed E-state index contributed by atoms with van der Waals surface area (Å²) in [7, 11) is 0. The minimum atomic E-state index is -1.02. The smallest absolute Gasteiger partial charge is 0.338 e. The van der Waals surface area contributed by atoms with Crippen LogP contribution in [0.5, 0.6) is 0 Å². The van der Waals surface area contributed by atoms with E-state index in [9.17, 15) is 14.7 Å². The van der Waals surface area contributed by atoms with E-state index in [0.717, 1.165) is 5.56 Å². The van der Waals surface area contributed by atoms with Gasteiger partial charge < -0.3 is 10.1 Å². The molecular weight excluding hydrogens is 254 g/mol. The van der Waals surface area contributed by atoms with E-state index in [1.165, 1.54) is 6.07 Å². The molecule has 0 aliphatic heterocycles. The van der Waals surface area contributed by atoms with E-state index in [2.05, 4.69) is 4.98 Å². The molecule has 0 fully saturated rings. The fourth-order valence-electron chi connectivity index (χ4n) is 2.26. The van der Waals surface area contributed by atoms with Crippen LogP contribution in [-0.4, -0.2) is 16.1 Å². The molecule has 0 saturated carbocycles. The molecular formula is C16H17NO3. The first-order valence-electron chi connectivity index (χ1n) is 6.54. The largest absolute Gasteiger partial charge is 0.478 e. The van der Waals surface area contributed by atoms with Crippen LogP contribution in [0.1, 0.15) is 29.9 Å². The Labute approximate surface area is 117 Å². The third-order valence-corrected chi connectivity index (χ3v) is 3.03. The first-order valence-corrected chi connectivity index (χ1v) is 6.54. The van der Waals surface area contributed by atoms with Crippen LogP contribution in [0.4, 0.5) is 0 Å². The van der Waals surface area contributed by atoms with Crippen LogP contribution in [0, 0.1) is 5.92 Å². The predicted octanol–water partition coefficient (Wildman–Crippen LogP) is 2.94. The first kappa shape index (κ1) is 14.1. The molecule has 104 valence electrons. The Morgan fingerprint density at radius 1 is 1.25 bits per heavy atom. The standard InChI is InChI=1S/C16H17NO3/c1-10(2)8-13-15(16(19)20)12(9-14(18)17-13)11-6-4-3-5-7-11/h3-7,9-10H,8H2,1-2H3,(H,17,18)(H,19,20). The number of carboxylic acid groups (broad SMARTS) is 1. The van der Waals surface area contributed by atoms with Crippen molar-refractivity contribution in [2.24, 2.45) is 5.92 Å². The zero-order valence-electron chi connectivity index (χ0n) is 11.5. The maximum absolute atomic E-state index is 11.8. The van der Waals surface area contributed by atoms with Gasteiger partial charge in [0, 0.05) is 17.3 Å². The van der Waals surface area contributed by atoms with E-state index >= 15 is 0 Å². The molecule has 0 bridgehead atoms. The summed E-state index contributed by atoms with van der Waals surface area (Å²) in [6.07, 6.45) is 0.525. The van der Waals surface area contributed by atoms with Gasteiger partial charge in [0.25, 0.3) is 0 Å². The van der Waals surface area contributed by atoms with Crippen LogP contribution in [0.15, 0.2) is 41.2 Å². The summed E-state index contributed by atoms with van der Waals surface area (Å²) in [6.45, 7) is 3.97. The molecule has 2 rings (SSSR count). The van der Waals surface area contributed by atoms with E-state index in [4.69, 9.17) is 0 Å². The van der Waals surface area contributed by atoms with Crippen molar-refractivity contribution in [1.29, 1.82) is 0 Å². The number of rotatable bonds is 4. The van der Waals surface area contributed by atoms with E-state index in [-0.39, 0.29) is 17.0 Å². The molecule has 0 amide bonds. The van der Waals surface area contributed by atoms with Crippen LogP contribution >= 0.6 is 0 Å². The highest BCUT2D eigenvalue weighted by Crippen LogP contribution is 2.25. The fraction of sp³-hybridized carbons (Fsp3) is 0.250. The predicted molar refractivity (Wildman–Crippen MR) is 78.0 cm³/mol. The molecule has 0 aliphatic carbocycles. The van der Waals surface area contributed by atoms with Gasteiger partial charge >= 0.3 is 5.97 Å². The molecule has 4 nitrogen and oxygen atoms in total. The van der Waals surface area contributed by atoms with Crippen LogP contribution in [0.2, 0.25) is 0 Å². The summed E-state index contributed by atoms with van der Waals surface area (Å²) in [5, 5.41) is 9.49. The molecule has 20 heavy (non-hydrogen) atoms. The lowest BCUT2D eigenvalue weighted by molar-refractivity contribution is 0.0696. The summed E-state index contributed by atoms with van der Waals surface area (Å²) < 4.78 is 0. The average molecular weight is 271 g/mol. The Bertz CT molecular complexity index is 672. The van der Waals surface area contributed by atoms with Crippen LogP contribution < -0.4 is 5.56 Å². The lowest BCUT2D eigenvalue weighted by Gasteiger charge is -2.13. The van der Waals surface area contributed by atoms with Crippen molar-refractivity contribution in [3.63, 3.8) is 0 Å². The Kier molecular flexibility index (Phi) is 4.03. The number of carbonyl (C=O) groups is 1. The third-order valence-electron chi connectivity index (χ3n) is 3.03. The average Bonchev–Trinajstić information content (AvgIpc) is 2.37. The summed E-state index contributed by atoms with van der Waals surface area (Å²) in [6, 6.07) is 10.5. The SMILES string of the molecule is CC(C)Cc1[nH]c(=O)cc(-c2ccccc2)c1C(=O)O. The minimum absolute atomic E-state index is 0.185. The van der Waals surface area contributed by atoms with Crippen molar-refractivity contribution in [1.82, 2.24) is 4.98 Å². The van der Waals surface area contributed by atoms with Crippen molar-refractivity contribution in [2.75, 3.05) is 0 Å². The third kappa shape index (κ3) is 2.96. The van der Waals surface area contributed by atoms with Crippen LogP contribution in [0.25, 0.3) is 11.1 Å². The van der Waals surface area contributed by atoms with Crippen LogP contribution in [0.3, 0.4) is 0 Å².